The summed E-state index contributed by atoms with van der Waals surface area (Å²) >= 11 is 0. The third kappa shape index (κ3) is 4.03. The van der Waals surface area contributed by atoms with Gasteiger partial charge >= 0.3 is 0 Å². The van der Waals surface area contributed by atoms with E-state index < -0.39 is 29.2 Å². The molecule has 1 saturated heterocycles. The van der Waals surface area contributed by atoms with Gasteiger partial charge in [0.05, 0.1) is 18.4 Å². The Labute approximate surface area is 188 Å². The van der Waals surface area contributed by atoms with E-state index in [0.29, 0.717) is 19.5 Å². The highest BCUT2D eigenvalue weighted by molar-refractivity contribution is 5.93. The number of nitrogens with zero attached hydrogens (tertiary/aromatic N) is 4. The molecule has 33 heavy (non-hydrogen) atoms. The number of rotatable bonds is 5. The number of likely N-dealkylation sites (tertiary alicyclic amines) is 1. The number of halogens is 3. The van der Waals surface area contributed by atoms with Crippen LogP contribution in [-0.2, 0) is 0 Å². The number of carbonyl (C=O) groups excluding carboxylic acids is 1. The lowest BCUT2D eigenvalue weighted by atomic mass is 10.1. The number of hydrogen-bond donors (Lipinski definition) is 1. The van der Waals surface area contributed by atoms with E-state index in [0.717, 1.165) is 16.7 Å². The van der Waals surface area contributed by atoms with Crippen molar-refractivity contribution in [2.45, 2.75) is 12.5 Å². The minimum Gasteiger partial charge on any atom is -0.494 e. The van der Waals surface area contributed by atoms with E-state index in [1.165, 1.54) is 36.3 Å². The van der Waals surface area contributed by atoms with Crippen molar-refractivity contribution < 1.29 is 22.7 Å². The van der Waals surface area contributed by atoms with Crippen LogP contribution in [0.4, 0.5) is 13.2 Å². The highest BCUT2D eigenvalue weighted by Crippen LogP contribution is 2.30. The molecule has 1 aliphatic rings. The van der Waals surface area contributed by atoms with Crippen molar-refractivity contribution in [2.75, 3.05) is 27.2 Å². The number of ether oxygens (including phenoxy) is 1. The molecule has 10 heteroatoms. The fourth-order valence-electron chi connectivity index (χ4n) is 3.84. The van der Waals surface area contributed by atoms with E-state index in [4.69, 9.17) is 10.00 Å². The summed E-state index contributed by atoms with van der Waals surface area (Å²) in [6.07, 6.45) is 0.710. The van der Waals surface area contributed by atoms with Crippen LogP contribution in [0.5, 0.6) is 5.75 Å². The number of hydrogen-bond acceptors (Lipinski definition) is 5. The zero-order chi connectivity index (χ0) is 23.7. The molecule has 1 amide bonds. The Balaban J connectivity index is 1.86. The van der Waals surface area contributed by atoms with Gasteiger partial charge in [0.15, 0.2) is 17.3 Å². The molecule has 1 aromatic heterocycles. The largest absolute Gasteiger partial charge is 0.494 e. The minimum absolute atomic E-state index is 0.0339. The Bertz CT molecular complexity index is 1270. The van der Waals surface area contributed by atoms with Gasteiger partial charge in [-0.25, -0.2) is 13.8 Å². The van der Waals surface area contributed by atoms with Crippen LogP contribution in [-0.4, -0.2) is 53.6 Å². The standard InChI is InChI=1S/C23H20F3N5O2/c1-28-15-7-8-30(12-15)23(32)20-21(26)31(16-5-6-19(33-2)18(25)10-16)22(29-20)13-3-4-14(11-27)17(24)9-13/h3-6,9-10,15,28H,7-8,12H2,1-2H3/t15-/m0/s1. The molecule has 0 unspecified atom stereocenters. The fraction of sp³-hybridized carbons (Fsp3) is 0.261. The van der Waals surface area contributed by atoms with E-state index in [1.807, 2.05) is 0 Å². The topological polar surface area (TPSA) is 83.2 Å². The first-order valence-corrected chi connectivity index (χ1v) is 10.2. The van der Waals surface area contributed by atoms with Gasteiger partial charge in [0.2, 0.25) is 5.95 Å². The van der Waals surface area contributed by atoms with Crippen LogP contribution in [0.3, 0.4) is 0 Å². The van der Waals surface area contributed by atoms with E-state index in [-0.39, 0.29) is 34.4 Å². The van der Waals surface area contributed by atoms with Gasteiger partial charge in [-0.3, -0.25) is 9.36 Å². The van der Waals surface area contributed by atoms with Crippen LogP contribution in [0.25, 0.3) is 17.1 Å². The van der Waals surface area contributed by atoms with Gasteiger partial charge in [0.1, 0.15) is 17.7 Å². The summed E-state index contributed by atoms with van der Waals surface area (Å²) in [5.74, 6) is -3.34. The maximum Gasteiger partial charge on any atom is 0.277 e. The fourth-order valence-corrected chi connectivity index (χ4v) is 3.84. The van der Waals surface area contributed by atoms with Gasteiger partial charge in [-0.05, 0) is 43.8 Å². The highest BCUT2D eigenvalue weighted by Gasteiger charge is 2.32. The molecular formula is C23H20F3N5O2. The number of carbonyl (C=O) groups is 1. The highest BCUT2D eigenvalue weighted by atomic mass is 19.1. The van der Waals surface area contributed by atoms with Crippen LogP contribution in [0, 0.1) is 28.9 Å². The van der Waals surface area contributed by atoms with Crippen LogP contribution in [0.2, 0.25) is 0 Å². The Morgan fingerprint density at radius 1 is 1.21 bits per heavy atom. The SMILES string of the molecule is CN[C@H]1CCN(C(=O)c2nc(-c3ccc(C#N)c(F)c3)n(-c3ccc(OC)c(F)c3)c2F)C1. The van der Waals surface area contributed by atoms with Crippen molar-refractivity contribution in [1.29, 1.82) is 5.26 Å². The predicted molar refractivity (Wildman–Crippen MR) is 114 cm³/mol. The van der Waals surface area contributed by atoms with E-state index in [2.05, 4.69) is 10.3 Å². The molecule has 0 aliphatic carbocycles. The molecule has 1 N–H and O–H groups in total. The van der Waals surface area contributed by atoms with Crippen molar-refractivity contribution in [3.8, 4) is 28.9 Å². The molecule has 0 saturated carbocycles. The third-order valence-electron chi connectivity index (χ3n) is 5.65. The molecule has 1 atom stereocenters. The number of methoxy groups -OCH3 is 1. The molecule has 7 nitrogen and oxygen atoms in total. The lowest BCUT2D eigenvalue weighted by Crippen LogP contribution is -2.34. The van der Waals surface area contributed by atoms with Crippen LogP contribution in [0.1, 0.15) is 22.5 Å². The average molecular weight is 455 g/mol. The number of amides is 1. The third-order valence-corrected chi connectivity index (χ3v) is 5.65. The van der Waals surface area contributed by atoms with Gasteiger partial charge in [0.25, 0.3) is 5.91 Å². The lowest BCUT2D eigenvalue weighted by Gasteiger charge is -2.15. The molecule has 1 aliphatic heterocycles. The summed E-state index contributed by atoms with van der Waals surface area (Å²) in [6.45, 7) is 0.814. The first-order chi connectivity index (χ1) is 15.9. The minimum atomic E-state index is -1.00. The summed E-state index contributed by atoms with van der Waals surface area (Å²) in [4.78, 5) is 18.7. The molecule has 0 radical (unpaired) electrons. The first kappa shape index (κ1) is 22.4. The van der Waals surface area contributed by atoms with Gasteiger partial charge in [-0.1, -0.05) is 0 Å². The lowest BCUT2D eigenvalue weighted by molar-refractivity contribution is 0.0779. The second-order valence-electron chi connectivity index (χ2n) is 7.56. The quantitative estimate of drug-likeness (QED) is 0.639. The van der Waals surface area contributed by atoms with Crippen molar-refractivity contribution in [1.82, 2.24) is 19.8 Å². The summed E-state index contributed by atoms with van der Waals surface area (Å²) < 4.78 is 50.2. The monoisotopic (exact) mass is 455 g/mol. The maximum atomic E-state index is 15.6. The van der Waals surface area contributed by atoms with Crippen LogP contribution in [0.15, 0.2) is 36.4 Å². The molecular weight excluding hydrogens is 435 g/mol. The van der Waals surface area contributed by atoms with Gasteiger partial charge in [-0.15, -0.1) is 0 Å². The van der Waals surface area contributed by atoms with Crippen molar-refractivity contribution in [2.24, 2.45) is 0 Å². The summed E-state index contributed by atoms with van der Waals surface area (Å²) in [5.41, 5.74) is -0.496. The van der Waals surface area contributed by atoms with Crippen molar-refractivity contribution >= 4 is 5.91 Å². The summed E-state index contributed by atoms with van der Waals surface area (Å²) in [6, 6.07) is 9.20. The molecule has 0 spiro atoms. The van der Waals surface area contributed by atoms with Crippen molar-refractivity contribution in [3.63, 3.8) is 0 Å². The van der Waals surface area contributed by atoms with E-state index in [1.54, 1.807) is 13.1 Å². The molecule has 2 heterocycles. The number of nitriles is 1. The van der Waals surface area contributed by atoms with Crippen LogP contribution < -0.4 is 10.1 Å². The van der Waals surface area contributed by atoms with Gasteiger partial charge in [-0.2, -0.15) is 9.65 Å². The number of aromatic nitrogens is 2. The zero-order valence-electron chi connectivity index (χ0n) is 17.9. The zero-order valence-corrected chi connectivity index (χ0v) is 17.9. The first-order valence-electron chi connectivity index (χ1n) is 10.2. The van der Waals surface area contributed by atoms with Crippen molar-refractivity contribution in [3.05, 3.63) is 65.2 Å². The molecule has 1 fully saturated rings. The number of benzene rings is 2. The Morgan fingerprint density at radius 2 is 2.00 bits per heavy atom. The maximum absolute atomic E-state index is 15.6. The van der Waals surface area contributed by atoms with Gasteiger partial charge in [0, 0.05) is 30.8 Å². The molecule has 3 aromatic rings. The molecule has 0 bridgehead atoms. The number of likely N-dealkylation sites (N-methyl/N-ethyl adjacent to an activating group) is 1. The molecule has 4 rings (SSSR count). The summed E-state index contributed by atoms with van der Waals surface area (Å²) in [7, 11) is 3.08. The smallest absolute Gasteiger partial charge is 0.277 e. The predicted octanol–water partition coefficient (Wildman–Crippen LogP) is 3.27. The molecule has 2 aromatic carbocycles. The average Bonchev–Trinajstić information content (AvgIpc) is 3.43. The number of imidazole rings is 1. The summed E-state index contributed by atoms with van der Waals surface area (Å²) in [5, 5.41) is 12.1. The van der Waals surface area contributed by atoms with E-state index in [9.17, 15) is 13.6 Å². The Hall–Kier alpha value is -3.84. The van der Waals surface area contributed by atoms with E-state index >= 15 is 4.39 Å². The second kappa shape index (κ2) is 8.96. The second-order valence-corrected chi connectivity index (χ2v) is 7.56. The Kier molecular flexibility index (Phi) is 6.07. The Morgan fingerprint density at radius 3 is 2.61 bits per heavy atom. The molecule has 170 valence electrons. The van der Waals surface area contributed by atoms with Crippen LogP contribution >= 0.6 is 0 Å². The number of nitrogens with one attached hydrogen (secondary N) is 1. The van der Waals surface area contributed by atoms with Gasteiger partial charge < -0.3 is 15.0 Å². The normalized spacial score (nSPS) is 15.5.